The van der Waals surface area contributed by atoms with E-state index in [-0.39, 0.29) is 6.54 Å². The highest BCUT2D eigenvalue weighted by Gasteiger charge is 2.48. The van der Waals surface area contributed by atoms with Crippen molar-refractivity contribution in [2.75, 3.05) is 13.2 Å². The van der Waals surface area contributed by atoms with Gasteiger partial charge in [-0.2, -0.15) is 0 Å². The van der Waals surface area contributed by atoms with E-state index < -0.39 is 30.5 Å². The largest absolute Gasteiger partial charge is 0.374 e. The van der Waals surface area contributed by atoms with Crippen LogP contribution < -0.4 is 0 Å². The molecule has 1 fully saturated rings. The maximum absolute atomic E-state index is 6.70. The molecule has 5 atom stereocenters. The van der Waals surface area contributed by atoms with Crippen molar-refractivity contribution in [3.8, 4) is 0 Å². The van der Waals surface area contributed by atoms with Gasteiger partial charge in [0.1, 0.15) is 30.5 Å². The second-order valence-corrected chi connectivity index (χ2v) is 10.6. The Bertz CT molecular complexity index is 1390. The molecule has 43 heavy (non-hydrogen) atoms. The first kappa shape index (κ1) is 30.9. The Hall–Kier alpha value is -3.52. The average molecular weight is 596 g/mol. The normalized spacial score (nSPS) is 21.6. The van der Waals surface area contributed by atoms with Crippen LogP contribution in [0.1, 0.15) is 22.3 Å². The average Bonchev–Trinajstić information content (AvgIpc) is 3.07. The predicted molar refractivity (Wildman–Crippen MR) is 170 cm³/mol. The Balaban J connectivity index is 1.42. The van der Waals surface area contributed by atoms with E-state index in [2.05, 4.69) is 10.2 Å². The lowest BCUT2D eigenvalue weighted by Gasteiger charge is -2.46. The van der Waals surface area contributed by atoms with Crippen LogP contribution in [0, 0.1) is 0 Å². The molecule has 1 saturated heterocycles. The van der Waals surface area contributed by atoms with Gasteiger partial charge in [-0.05, 0) is 34.5 Å². The van der Waals surface area contributed by atoms with Crippen molar-refractivity contribution in [2.24, 2.45) is 4.99 Å². The van der Waals surface area contributed by atoms with Gasteiger partial charge in [-0.3, -0.25) is 0 Å². The molecule has 6 nitrogen and oxygen atoms in total. The molecule has 1 aliphatic rings. The maximum atomic E-state index is 6.70. The third-order valence-corrected chi connectivity index (χ3v) is 7.44. The highest BCUT2D eigenvalue weighted by molar-refractivity contribution is 7.78. The third-order valence-electron chi connectivity index (χ3n) is 7.32. The fourth-order valence-electron chi connectivity index (χ4n) is 5.16. The monoisotopic (exact) mass is 595 g/mol. The SMILES string of the molecule is S=C=NC[C@@H]1O[C@H](COCc2ccccc2)[C@H](OCc2ccccc2)[C@H](OCc2ccccc2)[C@H]1OCc1ccccc1. The molecule has 0 spiro atoms. The maximum Gasteiger partial charge on any atom is 0.115 e. The molecule has 0 unspecified atom stereocenters. The lowest BCUT2D eigenvalue weighted by atomic mass is 9.94. The minimum absolute atomic E-state index is 0.286. The number of hydrogen-bond donors (Lipinski definition) is 0. The van der Waals surface area contributed by atoms with Crippen LogP contribution in [0.2, 0.25) is 0 Å². The summed E-state index contributed by atoms with van der Waals surface area (Å²) in [6.45, 7) is 2.22. The van der Waals surface area contributed by atoms with E-state index in [1.54, 1.807) is 0 Å². The molecular weight excluding hydrogens is 558 g/mol. The second-order valence-electron chi connectivity index (χ2n) is 10.4. The van der Waals surface area contributed by atoms with Crippen molar-refractivity contribution in [1.82, 2.24) is 0 Å². The summed E-state index contributed by atoms with van der Waals surface area (Å²) < 4.78 is 32.8. The highest BCUT2D eigenvalue weighted by atomic mass is 32.1. The number of hydrogen-bond acceptors (Lipinski definition) is 7. The molecule has 5 rings (SSSR count). The van der Waals surface area contributed by atoms with Crippen LogP contribution in [-0.4, -0.2) is 48.8 Å². The summed E-state index contributed by atoms with van der Waals surface area (Å²) in [5.74, 6) is 0. The van der Waals surface area contributed by atoms with Gasteiger partial charge in [-0.15, -0.1) is 0 Å². The number of rotatable bonds is 15. The molecule has 0 bridgehead atoms. The Kier molecular flexibility index (Phi) is 12.2. The fourth-order valence-corrected chi connectivity index (χ4v) is 5.23. The van der Waals surface area contributed by atoms with E-state index in [1.165, 1.54) is 0 Å². The first-order valence-electron chi connectivity index (χ1n) is 14.6. The number of benzene rings is 4. The molecule has 1 aliphatic heterocycles. The first-order chi connectivity index (χ1) is 21.3. The molecule has 0 aliphatic carbocycles. The van der Waals surface area contributed by atoms with Gasteiger partial charge in [0.15, 0.2) is 0 Å². The zero-order valence-corrected chi connectivity index (χ0v) is 24.9. The summed E-state index contributed by atoms with van der Waals surface area (Å²) in [5, 5.41) is 2.49. The molecule has 0 N–H and O–H groups in total. The number of ether oxygens (including phenoxy) is 5. The number of aliphatic imine (C=N–C) groups is 1. The lowest BCUT2D eigenvalue weighted by molar-refractivity contribution is -0.270. The molecule has 0 aromatic heterocycles. The van der Waals surface area contributed by atoms with Gasteiger partial charge in [-0.1, -0.05) is 121 Å². The van der Waals surface area contributed by atoms with Gasteiger partial charge in [0.05, 0.1) is 44.7 Å². The predicted octanol–water partition coefficient (Wildman–Crippen LogP) is 6.83. The van der Waals surface area contributed by atoms with E-state index >= 15 is 0 Å². The Morgan fingerprint density at radius 1 is 0.535 bits per heavy atom. The van der Waals surface area contributed by atoms with Crippen molar-refractivity contribution in [1.29, 1.82) is 0 Å². The van der Waals surface area contributed by atoms with Crippen molar-refractivity contribution < 1.29 is 23.7 Å². The Labute approximate surface area is 259 Å². The molecule has 7 heteroatoms. The van der Waals surface area contributed by atoms with Crippen molar-refractivity contribution >= 4 is 17.4 Å². The summed E-state index contributed by atoms with van der Waals surface area (Å²) in [5.41, 5.74) is 4.25. The van der Waals surface area contributed by atoms with E-state index in [9.17, 15) is 0 Å². The topological polar surface area (TPSA) is 58.5 Å². The summed E-state index contributed by atoms with van der Waals surface area (Å²) in [6.07, 6.45) is -2.32. The molecule has 0 amide bonds. The Morgan fingerprint density at radius 2 is 0.930 bits per heavy atom. The van der Waals surface area contributed by atoms with Crippen LogP contribution in [0.15, 0.2) is 126 Å². The van der Waals surface area contributed by atoms with Gasteiger partial charge in [0.2, 0.25) is 0 Å². The zero-order chi connectivity index (χ0) is 29.5. The van der Waals surface area contributed by atoms with Crippen LogP contribution >= 0.6 is 12.2 Å². The van der Waals surface area contributed by atoms with E-state index in [4.69, 9.17) is 35.9 Å². The van der Waals surface area contributed by atoms with E-state index in [0.717, 1.165) is 22.3 Å². The third kappa shape index (κ3) is 9.48. The zero-order valence-electron chi connectivity index (χ0n) is 24.1. The summed E-state index contributed by atoms with van der Waals surface area (Å²) in [7, 11) is 0. The fraction of sp³-hybridized carbons (Fsp3) is 0.306. The summed E-state index contributed by atoms with van der Waals surface area (Å²) in [6, 6.07) is 40.4. The molecule has 4 aromatic carbocycles. The van der Waals surface area contributed by atoms with Crippen molar-refractivity contribution in [3.63, 3.8) is 0 Å². The lowest BCUT2D eigenvalue weighted by Crippen LogP contribution is -2.61. The molecule has 4 aromatic rings. The van der Waals surface area contributed by atoms with Crippen molar-refractivity contribution in [3.05, 3.63) is 144 Å². The second kappa shape index (κ2) is 16.9. The quantitative estimate of drug-likeness (QED) is 0.111. The van der Waals surface area contributed by atoms with Crippen LogP contribution in [0.3, 0.4) is 0 Å². The van der Waals surface area contributed by atoms with Gasteiger partial charge in [0, 0.05) is 0 Å². The van der Waals surface area contributed by atoms with Gasteiger partial charge in [-0.25, -0.2) is 4.99 Å². The Morgan fingerprint density at radius 3 is 1.37 bits per heavy atom. The van der Waals surface area contributed by atoms with Crippen LogP contribution in [-0.2, 0) is 50.1 Å². The van der Waals surface area contributed by atoms with Crippen molar-refractivity contribution in [2.45, 2.75) is 56.9 Å². The highest BCUT2D eigenvalue weighted by Crippen LogP contribution is 2.31. The number of nitrogens with zero attached hydrogens (tertiary/aromatic N) is 1. The molecule has 222 valence electrons. The van der Waals surface area contributed by atoms with Gasteiger partial charge >= 0.3 is 0 Å². The minimum Gasteiger partial charge on any atom is -0.374 e. The summed E-state index contributed by atoms with van der Waals surface area (Å²) >= 11 is 4.92. The van der Waals surface area contributed by atoms with Gasteiger partial charge < -0.3 is 23.7 Å². The molecular formula is C36H37NO5S. The van der Waals surface area contributed by atoms with Crippen LogP contribution in [0.4, 0.5) is 0 Å². The van der Waals surface area contributed by atoms with Crippen LogP contribution in [0.25, 0.3) is 0 Å². The van der Waals surface area contributed by atoms with Gasteiger partial charge in [0.25, 0.3) is 0 Å². The van der Waals surface area contributed by atoms with E-state index in [1.807, 2.05) is 121 Å². The minimum atomic E-state index is -0.484. The number of isothiocyanates is 1. The molecule has 0 radical (unpaired) electrons. The standard InChI is InChI=1S/C36H37NO5S/c43-27-37-21-32-34(39-23-29-15-7-2-8-16-29)36(41-25-31-19-11-4-12-20-31)35(40-24-30-17-9-3-10-18-30)33(42-32)26-38-22-28-13-5-1-6-14-28/h1-20,32-36H,21-26H2/t32-,33+,34-,35-,36+/m0/s1. The van der Waals surface area contributed by atoms with Crippen LogP contribution in [0.5, 0.6) is 0 Å². The number of thiocarbonyl (C=S) groups is 1. The molecule has 0 saturated carbocycles. The first-order valence-corrected chi connectivity index (χ1v) is 15.0. The summed E-state index contributed by atoms with van der Waals surface area (Å²) in [4.78, 5) is 4.26. The molecule has 1 heterocycles. The van der Waals surface area contributed by atoms with E-state index in [0.29, 0.717) is 33.0 Å². The smallest absolute Gasteiger partial charge is 0.115 e.